The van der Waals surface area contributed by atoms with E-state index in [2.05, 4.69) is 38.1 Å². The summed E-state index contributed by atoms with van der Waals surface area (Å²) in [5.74, 6) is 2.75. The summed E-state index contributed by atoms with van der Waals surface area (Å²) < 4.78 is 0. The molecule has 1 aromatic carbocycles. The topological polar surface area (TPSA) is 20.2 Å². The molecule has 0 amide bonds. The smallest absolute Gasteiger partial charge is 0.0462 e. The lowest BCUT2D eigenvalue weighted by Gasteiger charge is -2.15. The van der Waals surface area contributed by atoms with Crippen molar-refractivity contribution in [2.24, 2.45) is 5.92 Å². The first-order valence-electron chi connectivity index (χ1n) is 6.01. The van der Waals surface area contributed by atoms with E-state index in [0.717, 1.165) is 18.6 Å². The first-order chi connectivity index (χ1) is 7.77. The van der Waals surface area contributed by atoms with E-state index < -0.39 is 0 Å². The van der Waals surface area contributed by atoms with Crippen molar-refractivity contribution in [2.45, 2.75) is 26.7 Å². The van der Waals surface area contributed by atoms with Gasteiger partial charge < -0.3 is 5.11 Å². The molecule has 0 bridgehead atoms. The zero-order chi connectivity index (χ0) is 11.8. The van der Waals surface area contributed by atoms with Crippen LogP contribution >= 0.6 is 11.8 Å². The quantitative estimate of drug-likeness (QED) is 0.736. The summed E-state index contributed by atoms with van der Waals surface area (Å²) >= 11 is 1.96. The van der Waals surface area contributed by atoms with Gasteiger partial charge in [-0.1, -0.05) is 31.2 Å². The van der Waals surface area contributed by atoms with Crippen LogP contribution in [0.5, 0.6) is 0 Å². The molecule has 1 nitrogen and oxygen atoms in total. The standard InChI is InChI=1S/C14H22OS/c1-3-16-9-8-13(11-15)10-14-7-5-4-6-12(14)2/h4-7,13,15H,3,8-11H2,1-2H3. The van der Waals surface area contributed by atoms with E-state index in [1.54, 1.807) is 0 Å². The molecule has 2 heteroatoms. The second-order valence-corrected chi connectivity index (χ2v) is 5.56. The molecule has 0 spiro atoms. The van der Waals surface area contributed by atoms with Crippen molar-refractivity contribution in [1.82, 2.24) is 0 Å². The first kappa shape index (κ1) is 13.6. The highest BCUT2D eigenvalue weighted by Crippen LogP contribution is 2.17. The Kier molecular flexibility index (Phi) is 6.58. The number of rotatable bonds is 7. The van der Waals surface area contributed by atoms with Gasteiger partial charge in [-0.05, 0) is 48.3 Å². The Balaban J connectivity index is 2.46. The van der Waals surface area contributed by atoms with Gasteiger partial charge in [-0.25, -0.2) is 0 Å². The molecule has 0 radical (unpaired) electrons. The largest absolute Gasteiger partial charge is 0.396 e. The van der Waals surface area contributed by atoms with Crippen molar-refractivity contribution in [2.75, 3.05) is 18.1 Å². The zero-order valence-electron chi connectivity index (χ0n) is 10.3. The van der Waals surface area contributed by atoms with Crippen LogP contribution in [0.25, 0.3) is 0 Å². The van der Waals surface area contributed by atoms with Crippen LogP contribution in [0.2, 0.25) is 0 Å². The molecule has 0 aliphatic carbocycles. The Labute approximate surface area is 103 Å². The van der Waals surface area contributed by atoms with Crippen LogP contribution < -0.4 is 0 Å². The van der Waals surface area contributed by atoms with Crippen LogP contribution in [0.1, 0.15) is 24.5 Å². The highest BCUT2D eigenvalue weighted by Gasteiger charge is 2.09. The lowest BCUT2D eigenvalue weighted by atomic mass is 9.95. The second kappa shape index (κ2) is 7.75. The Morgan fingerprint density at radius 2 is 2.06 bits per heavy atom. The molecule has 0 aliphatic rings. The van der Waals surface area contributed by atoms with E-state index >= 15 is 0 Å². The van der Waals surface area contributed by atoms with E-state index in [1.165, 1.54) is 16.9 Å². The molecule has 0 saturated carbocycles. The number of hydrogen-bond donors (Lipinski definition) is 1. The van der Waals surface area contributed by atoms with Gasteiger partial charge in [0.05, 0.1) is 0 Å². The van der Waals surface area contributed by atoms with Crippen molar-refractivity contribution in [3.8, 4) is 0 Å². The van der Waals surface area contributed by atoms with Gasteiger partial charge in [0.15, 0.2) is 0 Å². The fourth-order valence-corrected chi connectivity index (χ4v) is 2.59. The average Bonchev–Trinajstić information content (AvgIpc) is 2.30. The predicted molar refractivity (Wildman–Crippen MR) is 73.1 cm³/mol. The number of aliphatic hydroxyl groups is 1. The molecule has 0 aromatic heterocycles. The number of aryl methyl sites for hydroxylation is 1. The third-order valence-electron chi connectivity index (χ3n) is 2.90. The number of aliphatic hydroxyl groups excluding tert-OH is 1. The molecule has 0 saturated heterocycles. The SMILES string of the molecule is CCSCCC(CO)Cc1ccccc1C. The van der Waals surface area contributed by atoms with Crippen LogP contribution in [-0.2, 0) is 6.42 Å². The van der Waals surface area contributed by atoms with E-state index in [-0.39, 0.29) is 0 Å². The van der Waals surface area contributed by atoms with Crippen molar-refractivity contribution in [3.63, 3.8) is 0 Å². The molecule has 1 N–H and O–H groups in total. The molecule has 1 unspecified atom stereocenters. The minimum atomic E-state index is 0.304. The lowest BCUT2D eigenvalue weighted by Crippen LogP contribution is -2.11. The van der Waals surface area contributed by atoms with Crippen molar-refractivity contribution < 1.29 is 5.11 Å². The molecule has 0 heterocycles. The van der Waals surface area contributed by atoms with Crippen LogP contribution in [0.4, 0.5) is 0 Å². The fraction of sp³-hybridized carbons (Fsp3) is 0.571. The number of hydrogen-bond acceptors (Lipinski definition) is 2. The molecular weight excluding hydrogens is 216 g/mol. The number of benzene rings is 1. The van der Waals surface area contributed by atoms with Crippen LogP contribution in [0.15, 0.2) is 24.3 Å². The highest BCUT2D eigenvalue weighted by atomic mass is 32.2. The highest BCUT2D eigenvalue weighted by molar-refractivity contribution is 7.99. The normalized spacial score (nSPS) is 12.7. The molecule has 1 rings (SSSR count). The first-order valence-corrected chi connectivity index (χ1v) is 7.16. The minimum Gasteiger partial charge on any atom is -0.396 e. The van der Waals surface area contributed by atoms with Crippen LogP contribution in [0, 0.1) is 12.8 Å². The van der Waals surface area contributed by atoms with Gasteiger partial charge in [0.1, 0.15) is 0 Å². The van der Waals surface area contributed by atoms with Gasteiger partial charge in [-0.3, -0.25) is 0 Å². The molecule has 90 valence electrons. The van der Waals surface area contributed by atoms with Gasteiger partial charge >= 0.3 is 0 Å². The van der Waals surface area contributed by atoms with Crippen molar-refractivity contribution >= 4 is 11.8 Å². The van der Waals surface area contributed by atoms with Gasteiger partial charge in [-0.15, -0.1) is 0 Å². The maximum Gasteiger partial charge on any atom is 0.0462 e. The van der Waals surface area contributed by atoms with Crippen molar-refractivity contribution in [3.05, 3.63) is 35.4 Å². The van der Waals surface area contributed by atoms with Crippen LogP contribution in [-0.4, -0.2) is 23.2 Å². The maximum atomic E-state index is 9.37. The summed E-state index contributed by atoms with van der Waals surface area (Å²) in [7, 11) is 0. The fourth-order valence-electron chi connectivity index (χ4n) is 1.80. The lowest BCUT2D eigenvalue weighted by molar-refractivity contribution is 0.223. The molecule has 0 aliphatic heterocycles. The molecule has 16 heavy (non-hydrogen) atoms. The summed E-state index contributed by atoms with van der Waals surface area (Å²) in [5.41, 5.74) is 2.71. The number of thioether (sulfide) groups is 1. The third kappa shape index (κ3) is 4.58. The molecule has 0 fully saturated rings. The van der Waals surface area contributed by atoms with Crippen LogP contribution in [0.3, 0.4) is 0 Å². The Bertz CT molecular complexity index is 299. The summed E-state index contributed by atoms with van der Waals surface area (Å²) in [4.78, 5) is 0. The average molecular weight is 238 g/mol. The second-order valence-electron chi connectivity index (χ2n) is 4.16. The van der Waals surface area contributed by atoms with E-state index in [4.69, 9.17) is 0 Å². The van der Waals surface area contributed by atoms with E-state index in [1.807, 2.05) is 11.8 Å². The molecule has 1 atom stereocenters. The van der Waals surface area contributed by atoms with Crippen molar-refractivity contribution in [1.29, 1.82) is 0 Å². The Morgan fingerprint density at radius 1 is 1.31 bits per heavy atom. The van der Waals surface area contributed by atoms with E-state index in [0.29, 0.717) is 12.5 Å². The molecular formula is C14H22OS. The van der Waals surface area contributed by atoms with Gasteiger partial charge in [0, 0.05) is 6.61 Å². The summed E-state index contributed by atoms with van der Waals surface area (Å²) in [6.07, 6.45) is 2.12. The third-order valence-corrected chi connectivity index (χ3v) is 3.84. The van der Waals surface area contributed by atoms with E-state index in [9.17, 15) is 5.11 Å². The monoisotopic (exact) mass is 238 g/mol. The summed E-state index contributed by atoms with van der Waals surface area (Å²) in [6.45, 7) is 4.63. The van der Waals surface area contributed by atoms with Gasteiger partial charge in [0.25, 0.3) is 0 Å². The van der Waals surface area contributed by atoms with Gasteiger partial charge in [0.2, 0.25) is 0 Å². The molecule has 1 aromatic rings. The Morgan fingerprint density at radius 3 is 2.69 bits per heavy atom. The predicted octanol–water partition coefficient (Wildman–Crippen LogP) is 3.29. The maximum absolute atomic E-state index is 9.37. The Hall–Kier alpha value is -0.470. The summed E-state index contributed by atoms with van der Waals surface area (Å²) in [6, 6.07) is 8.47. The zero-order valence-corrected chi connectivity index (χ0v) is 11.1. The summed E-state index contributed by atoms with van der Waals surface area (Å²) in [5, 5.41) is 9.37. The van der Waals surface area contributed by atoms with Gasteiger partial charge in [-0.2, -0.15) is 11.8 Å². The minimum absolute atomic E-state index is 0.304.